The van der Waals surface area contributed by atoms with Gasteiger partial charge in [0.25, 0.3) is 0 Å². The summed E-state index contributed by atoms with van der Waals surface area (Å²) in [5.41, 5.74) is 3.81. The maximum absolute atomic E-state index is 12.2. The SMILES string of the molecule is C=CC(=O)N1CCC2C(C1)NC(C1CCCCC1)NC2C1CCN(C(C)C)N1. The second-order valence-corrected chi connectivity index (χ2v) is 9.59. The summed E-state index contributed by atoms with van der Waals surface area (Å²) in [7, 11) is 0. The highest BCUT2D eigenvalue weighted by Gasteiger charge is 2.46. The first-order valence-electron chi connectivity index (χ1n) is 11.5. The Hall–Kier alpha value is -0.950. The van der Waals surface area contributed by atoms with Crippen LogP contribution in [-0.2, 0) is 4.79 Å². The maximum Gasteiger partial charge on any atom is 0.246 e. The molecule has 3 heterocycles. The highest BCUT2D eigenvalue weighted by atomic mass is 16.2. The van der Waals surface area contributed by atoms with E-state index < -0.39 is 0 Å². The van der Waals surface area contributed by atoms with Gasteiger partial charge in [-0.3, -0.25) is 20.9 Å². The number of nitrogens with one attached hydrogen (secondary N) is 3. The van der Waals surface area contributed by atoms with Gasteiger partial charge in [-0.25, -0.2) is 5.01 Å². The minimum Gasteiger partial charge on any atom is -0.338 e. The topological polar surface area (TPSA) is 59.6 Å². The predicted octanol–water partition coefficient (Wildman–Crippen LogP) is 1.84. The Bertz CT molecular complexity index is 561. The number of likely N-dealkylation sites (tertiary alicyclic amines) is 1. The zero-order valence-electron chi connectivity index (χ0n) is 17.7. The predicted molar refractivity (Wildman–Crippen MR) is 112 cm³/mol. The lowest BCUT2D eigenvalue weighted by atomic mass is 9.76. The van der Waals surface area contributed by atoms with Gasteiger partial charge in [-0.1, -0.05) is 25.8 Å². The summed E-state index contributed by atoms with van der Waals surface area (Å²) >= 11 is 0. The van der Waals surface area contributed by atoms with E-state index in [2.05, 4.69) is 41.5 Å². The van der Waals surface area contributed by atoms with E-state index >= 15 is 0 Å². The van der Waals surface area contributed by atoms with Crippen LogP contribution in [0.25, 0.3) is 0 Å². The van der Waals surface area contributed by atoms with Crippen LogP contribution in [0.15, 0.2) is 12.7 Å². The Balaban J connectivity index is 1.50. The third-order valence-electron chi connectivity index (χ3n) is 7.57. The summed E-state index contributed by atoms with van der Waals surface area (Å²) in [5.74, 6) is 1.36. The van der Waals surface area contributed by atoms with E-state index in [-0.39, 0.29) is 5.91 Å². The number of fused-ring (bicyclic) bond motifs is 1. The van der Waals surface area contributed by atoms with Crippen LogP contribution in [0.1, 0.15) is 58.8 Å². The Labute approximate surface area is 170 Å². The number of hydrogen-bond acceptors (Lipinski definition) is 5. The number of nitrogens with zero attached hydrogens (tertiary/aromatic N) is 2. The second-order valence-electron chi connectivity index (χ2n) is 9.59. The lowest BCUT2D eigenvalue weighted by molar-refractivity contribution is -0.129. The zero-order chi connectivity index (χ0) is 19.7. The molecule has 3 N–H and O–H groups in total. The lowest BCUT2D eigenvalue weighted by Crippen LogP contribution is -2.73. The minimum absolute atomic E-state index is 0.0783. The average Bonchev–Trinajstić information content (AvgIpc) is 3.23. The summed E-state index contributed by atoms with van der Waals surface area (Å²) in [4.78, 5) is 14.2. The van der Waals surface area contributed by atoms with Crippen molar-refractivity contribution in [2.45, 2.75) is 89.1 Å². The van der Waals surface area contributed by atoms with E-state index in [0.29, 0.717) is 42.2 Å². The molecule has 28 heavy (non-hydrogen) atoms. The van der Waals surface area contributed by atoms with E-state index in [1.54, 1.807) is 0 Å². The Morgan fingerprint density at radius 1 is 1.04 bits per heavy atom. The molecule has 0 aromatic carbocycles. The number of hydrogen-bond donors (Lipinski definition) is 3. The van der Waals surface area contributed by atoms with Crippen molar-refractivity contribution in [3.05, 3.63) is 12.7 Å². The molecule has 1 saturated carbocycles. The van der Waals surface area contributed by atoms with Crippen LogP contribution < -0.4 is 16.1 Å². The number of rotatable bonds is 4. The number of piperidine rings is 1. The molecule has 3 saturated heterocycles. The molecule has 4 rings (SSSR count). The van der Waals surface area contributed by atoms with Gasteiger partial charge in [0, 0.05) is 43.8 Å². The molecule has 1 aliphatic carbocycles. The molecule has 4 aliphatic rings. The summed E-state index contributed by atoms with van der Waals surface area (Å²) < 4.78 is 0. The van der Waals surface area contributed by atoms with Gasteiger partial charge in [0.05, 0.1) is 6.17 Å². The van der Waals surface area contributed by atoms with Gasteiger partial charge in [0.15, 0.2) is 0 Å². The molecule has 5 unspecified atom stereocenters. The monoisotopic (exact) mass is 389 g/mol. The highest BCUT2D eigenvalue weighted by molar-refractivity contribution is 5.87. The largest absolute Gasteiger partial charge is 0.338 e. The quantitative estimate of drug-likeness (QED) is 0.641. The molecule has 0 radical (unpaired) electrons. The van der Waals surface area contributed by atoms with Crippen LogP contribution in [-0.4, -0.2) is 65.8 Å². The summed E-state index contributed by atoms with van der Waals surface area (Å²) in [6.07, 6.45) is 10.8. The van der Waals surface area contributed by atoms with E-state index in [1.165, 1.54) is 44.6 Å². The van der Waals surface area contributed by atoms with Crippen molar-refractivity contribution in [3.8, 4) is 0 Å². The molecule has 0 aromatic heterocycles. The number of hydrazine groups is 1. The average molecular weight is 390 g/mol. The smallest absolute Gasteiger partial charge is 0.246 e. The second kappa shape index (κ2) is 8.82. The number of amides is 1. The van der Waals surface area contributed by atoms with Crippen molar-refractivity contribution < 1.29 is 4.79 Å². The molecule has 0 aromatic rings. The van der Waals surface area contributed by atoms with Gasteiger partial charge in [0.1, 0.15) is 0 Å². The Morgan fingerprint density at radius 2 is 1.82 bits per heavy atom. The Kier molecular flexibility index (Phi) is 6.40. The van der Waals surface area contributed by atoms with Crippen molar-refractivity contribution in [1.82, 2.24) is 26.0 Å². The third-order valence-corrected chi connectivity index (χ3v) is 7.57. The zero-order valence-corrected chi connectivity index (χ0v) is 17.7. The molecular weight excluding hydrogens is 350 g/mol. The van der Waals surface area contributed by atoms with Crippen LogP contribution >= 0.6 is 0 Å². The summed E-state index contributed by atoms with van der Waals surface area (Å²) in [6.45, 7) is 11.0. The molecule has 5 atom stereocenters. The number of carbonyl (C=O) groups is 1. The van der Waals surface area contributed by atoms with Crippen molar-refractivity contribution >= 4 is 5.91 Å². The van der Waals surface area contributed by atoms with Crippen molar-refractivity contribution in [2.75, 3.05) is 19.6 Å². The van der Waals surface area contributed by atoms with Crippen molar-refractivity contribution in [3.63, 3.8) is 0 Å². The van der Waals surface area contributed by atoms with Crippen LogP contribution in [0.3, 0.4) is 0 Å². The van der Waals surface area contributed by atoms with Gasteiger partial charge in [0.2, 0.25) is 5.91 Å². The number of carbonyl (C=O) groups excluding carboxylic acids is 1. The van der Waals surface area contributed by atoms with Gasteiger partial charge in [-0.15, -0.1) is 0 Å². The van der Waals surface area contributed by atoms with Gasteiger partial charge in [-0.2, -0.15) is 0 Å². The van der Waals surface area contributed by atoms with Gasteiger partial charge < -0.3 is 4.90 Å². The molecule has 158 valence electrons. The maximum atomic E-state index is 12.2. The van der Waals surface area contributed by atoms with Crippen molar-refractivity contribution in [1.29, 1.82) is 0 Å². The van der Waals surface area contributed by atoms with E-state index in [0.717, 1.165) is 26.1 Å². The van der Waals surface area contributed by atoms with Gasteiger partial charge in [-0.05, 0) is 57.4 Å². The molecule has 0 bridgehead atoms. The van der Waals surface area contributed by atoms with E-state index in [1.807, 2.05) is 4.90 Å². The first kappa shape index (κ1) is 20.3. The van der Waals surface area contributed by atoms with E-state index in [4.69, 9.17) is 0 Å². The fraction of sp³-hybridized carbons (Fsp3) is 0.864. The fourth-order valence-electron chi connectivity index (χ4n) is 5.96. The first-order chi connectivity index (χ1) is 13.6. The first-order valence-corrected chi connectivity index (χ1v) is 11.5. The molecule has 0 spiro atoms. The summed E-state index contributed by atoms with van der Waals surface area (Å²) in [5, 5.41) is 10.4. The molecule has 4 fully saturated rings. The Morgan fingerprint density at radius 3 is 2.50 bits per heavy atom. The molecule has 6 nitrogen and oxygen atoms in total. The molecule has 6 heteroatoms. The lowest BCUT2D eigenvalue weighted by Gasteiger charge is -2.52. The van der Waals surface area contributed by atoms with Crippen LogP contribution in [0.5, 0.6) is 0 Å². The van der Waals surface area contributed by atoms with Crippen LogP contribution in [0, 0.1) is 11.8 Å². The minimum atomic E-state index is 0.0783. The van der Waals surface area contributed by atoms with Crippen molar-refractivity contribution in [2.24, 2.45) is 11.8 Å². The summed E-state index contributed by atoms with van der Waals surface area (Å²) in [6, 6.07) is 1.88. The van der Waals surface area contributed by atoms with Gasteiger partial charge >= 0.3 is 0 Å². The molecular formula is C22H39N5O. The third kappa shape index (κ3) is 4.16. The van der Waals surface area contributed by atoms with E-state index in [9.17, 15) is 4.79 Å². The van der Waals surface area contributed by atoms with Crippen LogP contribution in [0.2, 0.25) is 0 Å². The standard InChI is InChI=1S/C22H39N5O/c1-4-20(28)26-12-10-17-19(14-26)23-22(16-8-6-5-7-9-16)24-21(17)18-11-13-27(25-18)15(2)3/h4,15-19,21-25H,1,5-14H2,2-3H3. The fourth-order valence-corrected chi connectivity index (χ4v) is 5.96. The molecule has 3 aliphatic heterocycles. The highest BCUT2D eigenvalue weighted by Crippen LogP contribution is 2.34. The normalized spacial score (nSPS) is 37.8. The van der Waals surface area contributed by atoms with Crippen LogP contribution in [0.4, 0.5) is 0 Å². The molecule has 1 amide bonds.